The molecule has 3 rings (SSSR count). The van der Waals surface area contributed by atoms with E-state index in [1.165, 1.54) is 11.1 Å². The fourth-order valence-electron chi connectivity index (χ4n) is 2.31. The maximum atomic E-state index is 6.03. The van der Waals surface area contributed by atoms with E-state index in [0.29, 0.717) is 12.5 Å². The Kier molecular flexibility index (Phi) is 4.67. The van der Waals surface area contributed by atoms with E-state index in [0.717, 1.165) is 22.1 Å². The van der Waals surface area contributed by atoms with Crippen LogP contribution in [0.15, 0.2) is 42.2 Å². The number of rotatable bonds is 5. The second kappa shape index (κ2) is 6.87. The van der Waals surface area contributed by atoms with Crippen LogP contribution in [0.4, 0.5) is 0 Å². The maximum Gasteiger partial charge on any atom is 0.140 e. The molecule has 0 aliphatic heterocycles. The third kappa shape index (κ3) is 3.74. The monoisotopic (exact) mass is 325 g/mol. The number of aryl methyl sites for hydroxylation is 1. The summed E-state index contributed by atoms with van der Waals surface area (Å²) in [5.74, 6) is 1.37. The summed E-state index contributed by atoms with van der Waals surface area (Å²) in [4.78, 5) is 12.9. The second-order valence-electron chi connectivity index (χ2n) is 5.70. The molecule has 4 nitrogen and oxygen atoms in total. The number of benzene rings is 1. The van der Waals surface area contributed by atoms with Gasteiger partial charge in [0.05, 0.1) is 6.20 Å². The third-order valence-corrected chi connectivity index (χ3v) is 4.34. The Morgan fingerprint density at radius 3 is 2.78 bits per heavy atom. The van der Waals surface area contributed by atoms with Crippen LogP contribution in [0.5, 0.6) is 5.75 Å². The Morgan fingerprint density at radius 1 is 1.17 bits per heavy atom. The number of aromatic nitrogens is 3. The molecular weight excluding hydrogens is 306 g/mol. The van der Waals surface area contributed by atoms with Crippen LogP contribution in [0.1, 0.15) is 35.9 Å². The SMILES string of the molecule is Cc1ccc(C(C)C)c(OCc2nc(-c3cnccn3)cs2)c1. The lowest BCUT2D eigenvalue weighted by atomic mass is 10.0. The van der Waals surface area contributed by atoms with Gasteiger partial charge in [0.15, 0.2) is 0 Å². The summed E-state index contributed by atoms with van der Waals surface area (Å²) in [6.07, 6.45) is 5.05. The van der Waals surface area contributed by atoms with Crippen LogP contribution in [-0.4, -0.2) is 15.0 Å². The Morgan fingerprint density at radius 2 is 2.04 bits per heavy atom. The predicted molar refractivity (Wildman–Crippen MR) is 92.7 cm³/mol. The first-order valence-electron chi connectivity index (χ1n) is 7.57. The van der Waals surface area contributed by atoms with Crippen LogP contribution in [0.3, 0.4) is 0 Å². The number of thiazole rings is 1. The van der Waals surface area contributed by atoms with E-state index in [9.17, 15) is 0 Å². The van der Waals surface area contributed by atoms with Gasteiger partial charge in [0.25, 0.3) is 0 Å². The lowest BCUT2D eigenvalue weighted by Crippen LogP contribution is -2.00. The minimum atomic E-state index is 0.428. The molecule has 0 fully saturated rings. The number of ether oxygens (including phenoxy) is 1. The molecule has 0 spiro atoms. The molecule has 0 aliphatic carbocycles. The lowest BCUT2D eigenvalue weighted by molar-refractivity contribution is 0.301. The molecule has 1 aromatic carbocycles. The van der Waals surface area contributed by atoms with Gasteiger partial charge in [-0.15, -0.1) is 11.3 Å². The van der Waals surface area contributed by atoms with Crippen LogP contribution in [0, 0.1) is 6.92 Å². The molecule has 0 bridgehead atoms. The molecule has 0 saturated heterocycles. The molecule has 5 heteroatoms. The van der Waals surface area contributed by atoms with E-state index in [4.69, 9.17) is 4.74 Å². The molecule has 0 radical (unpaired) electrons. The summed E-state index contributed by atoms with van der Waals surface area (Å²) >= 11 is 1.58. The van der Waals surface area contributed by atoms with Gasteiger partial charge in [-0.2, -0.15) is 0 Å². The molecule has 118 valence electrons. The lowest BCUT2D eigenvalue weighted by Gasteiger charge is -2.14. The first kappa shape index (κ1) is 15.6. The van der Waals surface area contributed by atoms with Crippen molar-refractivity contribution >= 4 is 11.3 Å². The van der Waals surface area contributed by atoms with Crippen LogP contribution in [-0.2, 0) is 6.61 Å². The molecule has 0 aliphatic rings. The van der Waals surface area contributed by atoms with Crippen molar-refractivity contribution in [1.29, 1.82) is 0 Å². The van der Waals surface area contributed by atoms with Crippen molar-refractivity contribution in [1.82, 2.24) is 15.0 Å². The van der Waals surface area contributed by atoms with Crippen LogP contribution in [0.25, 0.3) is 11.4 Å². The van der Waals surface area contributed by atoms with Crippen molar-refractivity contribution in [2.24, 2.45) is 0 Å². The van der Waals surface area contributed by atoms with Crippen molar-refractivity contribution in [2.75, 3.05) is 0 Å². The maximum absolute atomic E-state index is 6.03. The summed E-state index contributed by atoms with van der Waals surface area (Å²) < 4.78 is 6.03. The standard InChI is InChI=1S/C18H19N3OS/c1-12(2)14-5-4-13(3)8-17(14)22-10-18-21-16(11-23-18)15-9-19-6-7-20-15/h4-9,11-12H,10H2,1-3H3. The smallest absolute Gasteiger partial charge is 0.140 e. The molecule has 23 heavy (non-hydrogen) atoms. The Balaban J connectivity index is 1.75. The molecule has 0 atom stereocenters. The fourth-order valence-corrected chi connectivity index (χ4v) is 3.01. The largest absolute Gasteiger partial charge is 0.486 e. The van der Waals surface area contributed by atoms with Gasteiger partial charge < -0.3 is 4.74 Å². The van der Waals surface area contributed by atoms with E-state index in [1.54, 1.807) is 29.9 Å². The molecule has 0 amide bonds. The number of hydrogen-bond donors (Lipinski definition) is 0. The molecule has 2 aromatic heterocycles. The quantitative estimate of drug-likeness (QED) is 0.687. The van der Waals surface area contributed by atoms with E-state index >= 15 is 0 Å². The zero-order chi connectivity index (χ0) is 16.2. The van der Waals surface area contributed by atoms with Gasteiger partial charge >= 0.3 is 0 Å². The average molecular weight is 325 g/mol. The highest BCUT2D eigenvalue weighted by Crippen LogP contribution is 2.29. The first-order valence-corrected chi connectivity index (χ1v) is 8.45. The summed E-state index contributed by atoms with van der Waals surface area (Å²) in [7, 11) is 0. The van der Waals surface area contributed by atoms with Gasteiger partial charge in [-0.1, -0.05) is 26.0 Å². The normalized spacial score (nSPS) is 11.0. The predicted octanol–water partition coefficient (Wildman–Crippen LogP) is 4.61. The van der Waals surface area contributed by atoms with Gasteiger partial charge in [0.2, 0.25) is 0 Å². The highest BCUT2D eigenvalue weighted by Gasteiger charge is 2.10. The first-order chi connectivity index (χ1) is 11.1. The van der Waals surface area contributed by atoms with Crippen molar-refractivity contribution < 1.29 is 4.74 Å². The molecule has 0 N–H and O–H groups in total. The van der Waals surface area contributed by atoms with Crippen LogP contribution < -0.4 is 4.74 Å². The Hall–Kier alpha value is -2.27. The molecule has 2 heterocycles. The second-order valence-corrected chi connectivity index (χ2v) is 6.64. The Labute approximate surface area is 140 Å². The van der Waals surface area contributed by atoms with Crippen molar-refractivity contribution in [3.63, 3.8) is 0 Å². The summed E-state index contributed by atoms with van der Waals surface area (Å²) in [5, 5.41) is 2.92. The molecule has 0 unspecified atom stereocenters. The van der Waals surface area contributed by atoms with E-state index in [1.807, 2.05) is 5.38 Å². The third-order valence-electron chi connectivity index (χ3n) is 3.52. The number of hydrogen-bond acceptors (Lipinski definition) is 5. The minimum Gasteiger partial charge on any atom is -0.486 e. The van der Waals surface area contributed by atoms with Gasteiger partial charge in [-0.3, -0.25) is 9.97 Å². The zero-order valence-electron chi connectivity index (χ0n) is 13.5. The van der Waals surface area contributed by atoms with Gasteiger partial charge in [0.1, 0.15) is 28.8 Å². The highest BCUT2D eigenvalue weighted by atomic mass is 32.1. The van der Waals surface area contributed by atoms with Crippen molar-refractivity contribution in [3.05, 3.63) is 58.3 Å². The Bertz CT molecular complexity index is 784. The van der Waals surface area contributed by atoms with Gasteiger partial charge in [0, 0.05) is 17.8 Å². The van der Waals surface area contributed by atoms with Crippen LogP contribution >= 0.6 is 11.3 Å². The fraction of sp³-hybridized carbons (Fsp3) is 0.278. The molecular formula is C18H19N3OS. The van der Waals surface area contributed by atoms with E-state index in [2.05, 4.69) is 53.9 Å². The topological polar surface area (TPSA) is 47.9 Å². The summed E-state index contributed by atoms with van der Waals surface area (Å²) in [6, 6.07) is 6.35. The van der Waals surface area contributed by atoms with Crippen molar-refractivity contribution in [3.8, 4) is 17.1 Å². The minimum absolute atomic E-state index is 0.428. The molecule has 0 saturated carbocycles. The van der Waals surface area contributed by atoms with Crippen LogP contribution in [0.2, 0.25) is 0 Å². The van der Waals surface area contributed by atoms with E-state index in [-0.39, 0.29) is 0 Å². The summed E-state index contributed by atoms with van der Waals surface area (Å²) in [6.45, 7) is 6.89. The number of nitrogens with zero attached hydrogens (tertiary/aromatic N) is 3. The van der Waals surface area contributed by atoms with E-state index < -0.39 is 0 Å². The average Bonchev–Trinajstić information content (AvgIpc) is 3.02. The van der Waals surface area contributed by atoms with Gasteiger partial charge in [-0.05, 0) is 30.0 Å². The van der Waals surface area contributed by atoms with Gasteiger partial charge in [-0.25, -0.2) is 4.98 Å². The van der Waals surface area contributed by atoms with Crippen molar-refractivity contribution in [2.45, 2.75) is 33.3 Å². The highest BCUT2D eigenvalue weighted by molar-refractivity contribution is 7.09. The summed E-state index contributed by atoms with van der Waals surface area (Å²) in [5.41, 5.74) is 4.05. The zero-order valence-corrected chi connectivity index (χ0v) is 14.3. The molecule has 3 aromatic rings.